The maximum absolute atomic E-state index is 14.3. The van der Waals surface area contributed by atoms with Crippen LogP contribution in [-0.4, -0.2) is 0 Å². The molecule has 0 radical (unpaired) electrons. The van der Waals surface area contributed by atoms with Gasteiger partial charge in [0, 0.05) is 0 Å². The fourth-order valence-corrected chi connectivity index (χ4v) is 6.73. The van der Waals surface area contributed by atoms with Gasteiger partial charge >= 0.3 is 0 Å². The predicted octanol–water partition coefficient (Wildman–Crippen LogP) is 2.13. The van der Waals surface area contributed by atoms with Gasteiger partial charge in [-0.15, -0.1) is 0 Å². The molecule has 4 rings (SSSR count). The van der Waals surface area contributed by atoms with E-state index in [0.717, 1.165) is 15.9 Å². The largest absolute Gasteiger partial charge is 1.00 e. The first kappa shape index (κ1) is 21.0. The van der Waals surface area contributed by atoms with Gasteiger partial charge in [0.2, 0.25) is 0 Å². The van der Waals surface area contributed by atoms with E-state index in [9.17, 15) is 4.39 Å². The van der Waals surface area contributed by atoms with Crippen molar-refractivity contribution in [3.63, 3.8) is 0 Å². The molecule has 0 bridgehead atoms. The quantitative estimate of drug-likeness (QED) is 0.324. The molecular formula is C26H19BrFP. The molecule has 0 unspecified atom stereocenters. The zero-order chi connectivity index (χ0) is 19.2. The van der Waals surface area contributed by atoms with Gasteiger partial charge in [-0.3, -0.25) is 0 Å². The van der Waals surface area contributed by atoms with E-state index in [1.165, 1.54) is 6.07 Å². The Morgan fingerprint density at radius 1 is 0.517 bits per heavy atom. The van der Waals surface area contributed by atoms with Crippen LogP contribution in [0.4, 0.5) is 4.39 Å². The van der Waals surface area contributed by atoms with E-state index in [4.69, 9.17) is 0 Å². The van der Waals surface area contributed by atoms with Gasteiger partial charge in [0.25, 0.3) is 0 Å². The van der Waals surface area contributed by atoms with Crippen LogP contribution < -0.4 is 32.9 Å². The topological polar surface area (TPSA) is 0 Å². The lowest BCUT2D eigenvalue weighted by Crippen LogP contribution is -3.00. The van der Waals surface area contributed by atoms with Gasteiger partial charge in [-0.05, 0) is 54.5 Å². The summed E-state index contributed by atoms with van der Waals surface area (Å²) < 4.78 is 14.3. The Morgan fingerprint density at radius 2 is 0.897 bits per heavy atom. The normalized spacial score (nSPS) is 10.4. The molecule has 0 spiro atoms. The Hall–Kier alpha value is -2.72. The maximum atomic E-state index is 14.3. The molecule has 0 atom stereocenters. The van der Waals surface area contributed by atoms with E-state index < -0.39 is 7.26 Å². The molecule has 0 saturated heterocycles. The standard InChI is InChI=1S/C26H19FP.BrH/c27-26-19-11-10-12-22(26)20-21-28(23-13-4-1-5-14-23,24-15-6-2-7-16-24)25-17-8-3-9-18-25;/h1-19H;1H/q+1;/p-1. The Morgan fingerprint density at radius 3 is 1.31 bits per heavy atom. The molecule has 0 saturated carbocycles. The summed E-state index contributed by atoms with van der Waals surface area (Å²) >= 11 is 0. The highest BCUT2D eigenvalue weighted by molar-refractivity contribution is 7.99. The average molecular weight is 461 g/mol. The molecule has 4 aromatic rings. The van der Waals surface area contributed by atoms with Crippen LogP contribution in [0.15, 0.2) is 115 Å². The minimum absolute atomic E-state index is 0. The van der Waals surface area contributed by atoms with Crippen LogP contribution in [0.3, 0.4) is 0 Å². The molecule has 0 aliphatic heterocycles. The van der Waals surface area contributed by atoms with Crippen LogP contribution in [0.1, 0.15) is 5.56 Å². The molecule has 0 amide bonds. The third-order valence-corrected chi connectivity index (χ3v) is 8.33. The molecule has 0 aliphatic rings. The van der Waals surface area contributed by atoms with Crippen molar-refractivity contribution in [3.8, 4) is 11.6 Å². The molecule has 0 fully saturated rings. The predicted molar refractivity (Wildman–Crippen MR) is 118 cm³/mol. The monoisotopic (exact) mass is 460 g/mol. The molecule has 0 heterocycles. The second-order valence-corrected chi connectivity index (χ2v) is 9.51. The zero-order valence-corrected chi connectivity index (χ0v) is 18.2. The molecule has 3 heteroatoms. The summed E-state index contributed by atoms with van der Waals surface area (Å²) in [4.78, 5) is 0. The Labute approximate surface area is 182 Å². The van der Waals surface area contributed by atoms with Gasteiger partial charge < -0.3 is 17.0 Å². The van der Waals surface area contributed by atoms with Gasteiger partial charge in [-0.2, -0.15) is 0 Å². The van der Waals surface area contributed by atoms with Crippen molar-refractivity contribution in [2.75, 3.05) is 0 Å². The molecule has 0 aromatic heterocycles. The number of hydrogen-bond donors (Lipinski definition) is 0. The van der Waals surface area contributed by atoms with E-state index >= 15 is 0 Å². The van der Waals surface area contributed by atoms with E-state index in [1.807, 2.05) is 60.7 Å². The molecule has 0 aliphatic carbocycles. The lowest BCUT2D eigenvalue weighted by atomic mass is 10.2. The zero-order valence-electron chi connectivity index (χ0n) is 15.7. The van der Waals surface area contributed by atoms with Crippen LogP contribution in [0, 0.1) is 17.4 Å². The van der Waals surface area contributed by atoms with Crippen molar-refractivity contribution < 1.29 is 21.4 Å². The molecule has 142 valence electrons. The first-order chi connectivity index (χ1) is 13.8. The summed E-state index contributed by atoms with van der Waals surface area (Å²) in [7, 11) is -2.27. The minimum Gasteiger partial charge on any atom is -1.00 e. The van der Waals surface area contributed by atoms with Crippen molar-refractivity contribution in [2.45, 2.75) is 0 Å². The molecule has 0 N–H and O–H groups in total. The first-order valence-corrected chi connectivity index (χ1v) is 10.9. The van der Waals surface area contributed by atoms with Crippen LogP contribution >= 0.6 is 7.26 Å². The molecular weight excluding hydrogens is 442 g/mol. The van der Waals surface area contributed by atoms with Crippen molar-refractivity contribution in [2.24, 2.45) is 0 Å². The van der Waals surface area contributed by atoms with Crippen molar-refractivity contribution in [3.05, 3.63) is 127 Å². The average Bonchev–Trinajstić information content (AvgIpc) is 2.78. The smallest absolute Gasteiger partial charge is 0.189 e. The van der Waals surface area contributed by atoms with E-state index in [0.29, 0.717) is 5.56 Å². The highest BCUT2D eigenvalue weighted by Crippen LogP contribution is 2.54. The molecule has 4 aromatic carbocycles. The minimum atomic E-state index is -2.27. The first-order valence-electron chi connectivity index (χ1n) is 9.14. The summed E-state index contributed by atoms with van der Waals surface area (Å²) in [6.45, 7) is 0. The second kappa shape index (κ2) is 9.66. The Bertz CT molecular complexity index is 1020. The molecule has 0 nitrogen and oxygen atoms in total. The highest BCUT2D eigenvalue weighted by Gasteiger charge is 2.44. The summed E-state index contributed by atoms with van der Waals surface area (Å²) in [5, 5.41) is 3.49. The summed E-state index contributed by atoms with van der Waals surface area (Å²) in [5.41, 5.74) is 3.99. The Kier molecular flexibility index (Phi) is 6.99. The van der Waals surface area contributed by atoms with Gasteiger partial charge in [0.1, 0.15) is 21.7 Å². The van der Waals surface area contributed by atoms with Crippen molar-refractivity contribution >= 4 is 23.2 Å². The van der Waals surface area contributed by atoms with Crippen molar-refractivity contribution in [1.82, 2.24) is 0 Å². The third-order valence-electron chi connectivity index (χ3n) is 4.66. The van der Waals surface area contributed by atoms with Gasteiger partial charge in [0.15, 0.2) is 7.26 Å². The Balaban J connectivity index is 0.00000240. The lowest BCUT2D eigenvalue weighted by Gasteiger charge is -2.21. The fourth-order valence-electron chi connectivity index (χ4n) is 3.30. The number of rotatable bonds is 3. The SMILES string of the molecule is Fc1ccccc1C#C[P+](c1ccccc1)(c1ccccc1)c1ccccc1.[Br-]. The molecule has 29 heavy (non-hydrogen) atoms. The van der Waals surface area contributed by atoms with Gasteiger partial charge in [-0.1, -0.05) is 66.7 Å². The fraction of sp³-hybridized carbons (Fsp3) is 0. The van der Waals surface area contributed by atoms with E-state index in [-0.39, 0.29) is 22.8 Å². The van der Waals surface area contributed by atoms with E-state index in [2.05, 4.69) is 48.0 Å². The van der Waals surface area contributed by atoms with Crippen LogP contribution in [0.25, 0.3) is 0 Å². The summed E-state index contributed by atoms with van der Waals surface area (Å²) in [6, 6.07) is 37.8. The maximum Gasteiger partial charge on any atom is 0.189 e. The number of halogens is 2. The van der Waals surface area contributed by atoms with Gasteiger partial charge in [-0.25, -0.2) is 4.39 Å². The highest BCUT2D eigenvalue weighted by atomic mass is 79.9. The number of hydrogen-bond acceptors (Lipinski definition) is 0. The summed E-state index contributed by atoms with van der Waals surface area (Å²) in [5.74, 6) is 2.88. The van der Waals surface area contributed by atoms with E-state index in [1.54, 1.807) is 12.1 Å². The van der Waals surface area contributed by atoms with Crippen molar-refractivity contribution in [1.29, 1.82) is 0 Å². The second-order valence-electron chi connectivity index (χ2n) is 6.39. The number of benzene rings is 4. The third kappa shape index (κ3) is 4.33. The van der Waals surface area contributed by atoms with Crippen LogP contribution in [0.5, 0.6) is 0 Å². The lowest BCUT2D eigenvalue weighted by molar-refractivity contribution is -0.00000591. The van der Waals surface area contributed by atoms with Gasteiger partial charge in [0.05, 0.1) is 11.2 Å². The van der Waals surface area contributed by atoms with Crippen LogP contribution in [-0.2, 0) is 0 Å². The van der Waals surface area contributed by atoms with Crippen LogP contribution in [0.2, 0.25) is 0 Å². The summed E-state index contributed by atoms with van der Waals surface area (Å²) in [6.07, 6.45) is 0.